The molecule has 0 radical (unpaired) electrons. The molecular weight excluding hydrogens is 298 g/mol. The summed E-state index contributed by atoms with van der Waals surface area (Å²) in [5.41, 5.74) is 2.75. The maximum atomic E-state index is 12.1. The summed E-state index contributed by atoms with van der Waals surface area (Å²) in [6, 6.07) is 8.96. The van der Waals surface area contributed by atoms with Gasteiger partial charge in [-0.25, -0.2) is 4.79 Å². The summed E-state index contributed by atoms with van der Waals surface area (Å²) in [7, 11) is 0. The van der Waals surface area contributed by atoms with E-state index in [4.69, 9.17) is 8.83 Å². The monoisotopic (exact) mass is 313 g/mol. The van der Waals surface area contributed by atoms with Crippen molar-refractivity contribution in [2.45, 2.75) is 20.4 Å². The zero-order valence-electron chi connectivity index (χ0n) is 12.7. The van der Waals surface area contributed by atoms with Crippen molar-refractivity contribution in [1.29, 1.82) is 0 Å². The van der Waals surface area contributed by atoms with E-state index in [1.54, 1.807) is 12.1 Å². The van der Waals surface area contributed by atoms with Gasteiger partial charge in [0, 0.05) is 5.69 Å². The molecule has 0 atom stereocenters. The number of benzene rings is 1. The normalized spacial score (nSPS) is 10.7. The first-order chi connectivity index (χ1) is 11.0. The topological polar surface area (TPSA) is 90.3 Å². The fourth-order valence-corrected chi connectivity index (χ4v) is 2.19. The number of aromatic nitrogens is 2. The lowest BCUT2D eigenvalue weighted by atomic mass is 10.1. The zero-order chi connectivity index (χ0) is 16.4. The molecule has 0 unspecified atom stereocenters. The van der Waals surface area contributed by atoms with Crippen molar-refractivity contribution in [3.63, 3.8) is 0 Å². The fourth-order valence-electron chi connectivity index (χ4n) is 2.19. The number of amides is 1. The highest BCUT2D eigenvalue weighted by Crippen LogP contribution is 2.17. The van der Waals surface area contributed by atoms with Crippen LogP contribution in [0.4, 0.5) is 5.69 Å². The number of aryl methyl sites for hydroxylation is 2. The van der Waals surface area contributed by atoms with Gasteiger partial charge in [0.25, 0.3) is 5.89 Å². The van der Waals surface area contributed by atoms with Crippen LogP contribution in [0.5, 0.6) is 0 Å². The second kappa shape index (κ2) is 5.96. The van der Waals surface area contributed by atoms with Gasteiger partial charge >= 0.3 is 5.76 Å². The van der Waals surface area contributed by atoms with Gasteiger partial charge in [0.15, 0.2) is 5.76 Å². The molecule has 1 amide bonds. The average Bonchev–Trinajstić information content (AvgIpc) is 3.13. The Morgan fingerprint density at radius 3 is 2.83 bits per heavy atom. The number of anilines is 1. The molecule has 0 saturated carbocycles. The summed E-state index contributed by atoms with van der Waals surface area (Å²) in [6.07, 6.45) is 1.45. The number of hydrogen-bond donors (Lipinski definition) is 1. The Morgan fingerprint density at radius 2 is 2.13 bits per heavy atom. The van der Waals surface area contributed by atoms with E-state index in [2.05, 4.69) is 10.4 Å². The number of carbonyl (C=O) groups excluding carboxylic acids is 1. The Hall–Kier alpha value is -3.09. The molecule has 3 aromatic rings. The predicted octanol–water partition coefficient (Wildman–Crippen LogP) is 2.35. The van der Waals surface area contributed by atoms with Gasteiger partial charge < -0.3 is 14.2 Å². The lowest BCUT2D eigenvalue weighted by Crippen LogP contribution is -2.26. The molecule has 7 nitrogen and oxygen atoms in total. The van der Waals surface area contributed by atoms with Gasteiger partial charge in [-0.2, -0.15) is 4.68 Å². The van der Waals surface area contributed by atoms with E-state index in [0.717, 1.165) is 15.8 Å². The maximum Gasteiger partial charge on any atom is 0.437 e. The standard InChI is InChI=1S/C16H15N3O4/c1-10-5-6-12(11(2)8-10)17-14(20)9-19-16(21)23-15(18-19)13-4-3-7-22-13/h3-8H,9H2,1-2H3,(H,17,20). The van der Waals surface area contributed by atoms with E-state index in [0.29, 0.717) is 11.4 Å². The predicted molar refractivity (Wildman–Crippen MR) is 83.0 cm³/mol. The van der Waals surface area contributed by atoms with Crippen molar-refractivity contribution in [2.24, 2.45) is 0 Å². The molecule has 1 N–H and O–H groups in total. The highest BCUT2D eigenvalue weighted by molar-refractivity contribution is 5.91. The van der Waals surface area contributed by atoms with Crippen LogP contribution < -0.4 is 11.1 Å². The Balaban J connectivity index is 1.74. The van der Waals surface area contributed by atoms with Crippen molar-refractivity contribution >= 4 is 11.6 Å². The summed E-state index contributed by atoms with van der Waals surface area (Å²) < 4.78 is 11.0. The Labute approximate surface area is 131 Å². The van der Waals surface area contributed by atoms with Crippen molar-refractivity contribution in [2.75, 3.05) is 5.32 Å². The molecule has 0 saturated heterocycles. The largest absolute Gasteiger partial charge is 0.459 e. The molecule has 0 fully saturated rings. The van der Waals surface area contributed by atoms with Crippen LogP contribution in [0.1, 0.15) is 11.1 Å². The zero-order valence-corrected chi connectivity index (χ0v) is 12.7. The summed E-state index contributed by atoms with van der Waals surface area (Å²) in [6.45, 7) is 3.64. The fraction of sp³-hybridized carbons (Fsp3) is 0.188. The first-order valence-corrected chi connectivity index (χ1v) is 7.02. The van der Waals surface area contributed by atoms with Crippen LogP contribution in [0.2, 0.25) is 0 Å². The molecule has 0 aliphatic rings. The highest BCUT2D eigenvalue weighted by Gasteiger charge is 2.15. The van der Waals surface area contributed by atoms with Crippen LogP contribution in [-0.2, 0) is 11.3 Å². The first-order valence-electron chi connectivity index (χ1n) is 7.02. The smallest absolute Gasteiger partial charge is 0.437 e. The number of carbonyl (C=O) groups is 1. The van der Waals surface area contributed by atoms with Crippen molar-refractivity contribution in [3.8, 4) is 11.7 Å². The third kappa shape index (κ3) is 3.23. The van der Waals surface area contributed by atoms with E-state index >= 15 is 0 Å². The summed E-state index contributed by atoms with van der Waals surface area (Å²) >= 11 is 0. The van der Waals surface area contributed by atoms with Gasteiger partial charge in [-0.15, -0.1) is 5.10 Å². The molecule has 0 aliphatic heterocycles. The number of nitrogens with zero attached hydrogens (tertiary/aromatic N) is 2. The molecular formula is C16H15N3O4. The van der Waals surface area contributed by atoms with Gasteiger partial charge in [0.2, 0.25) is 5.91 Å². The van der Waals surface area contributed by atoms with Gasteiger partial charge in [0.05, 0.1) is 6.26 Å². The number of furan rings is 1. The Bertz CT molecular complexity index is 890. The van der Waals surface area contributed by atoms with E-state index in [9.17, 15) is 9.59 Å². The van der Waals surface area contributed by atoms with Crippen LogP contribution in [0, 0.1) is 13.8 Å². The lowest BCUT2D eigenvalue weighted by molar-refractivity contribution is -0.117. The van der Waals surface area contributed by atoms with Gasteiger partial charge in [-0.05, 0) is 37.6 Å². The minimum atomic E-state index is -0.716. The molecule has 0 bridgehead atoms. The van der Waals surface area contributed by atoms with Crippen LogP contribution in [0.15, 0.2) is 50.2 Å². The molecule has 7 heteroatoms. The van der Waals surface area contributed by atoms with Crippen molar-refractivity contribution < 1.29 is 13.6 Å². The lowest BCUT2D eigenvalue weighted by Gasteiger charge is -2.08. The van der Waals surface area contributed by atoms with E-state index in [1.165, 1.54) is 6.26 Å². The van der Waals surface area contributed by atoms with Gasteiger partial charge in [-0.3, -0.25) is 4.79 Å². The number of rotatable bonds is 4. The second-order valence-corrected chi connectivity index (χ2v) is 5.17. The van der Waals surface area contributed by atoms with Gasteiger partial charge in [-0.1, -0.05) is 17.7 Å². The molecule has 0 spiro atoms. The molecule has 23 heavy (non-hydrogen) atoms. The van der Waals surface area contributed by atoms with Crippen molar-refractivity contribution in [3.05, 3.63) is 58.3 Å². The summed E-state index contributed by atoms with van der Waals surface area (Å²) in [5.74, 6) is -0.708. The third-order valence-corrected chi connectivity index (χ3v) is 3.29. The van der Waals surface area contributed by atoms with Crippen LogP contribution >= 0.6 is 0 Å². The van der Waals surface area contributed by atoms with Crippen LogP contribution in [0.3, 0.4) is 0 Å². The maximum absolute atomic E-state index is 12.1. The van der Waals surface area contributed by atoms with Crippen LogP contribution in [0.25, 0.3) is 11.7 Å². The SMILES string of the molecule is Cc1ccc(NC(=O)Cn2nc(-c3ccco3)oc2=O)c(C)c1. The molecule has 1 aromatic carbocycles. The average molecular weight is 313 g/mol. The van der Waals surface area contributed by atoms with E-state index < -0.39 is 5.76 Å². The molecule has 2 heterocycles. The third-order valence-electron chi connectivity index (χ3n) is 3.29. The Kier molecular flexibility index (Phi) is 3.84. The number of hydrogen-bond acceptors (Lipinski definition) is 5. The summed E-state index contributed by atoms with van der Waals surface area (Å²) in [4.78, 5) is 23.8. The van der Waals surface area contributed by atoms with Crippen LogP contribution in [-0.4, -0.2) is 15.7 Å². The highest BCUT2D eigenvalue weighted by atomic mass is 16.4. The second-order valence-electron chi connectivity index (χ2n) is 5.17. The molecule has 2 aromatic heterocycles. The summed E-state index contributed by atoms with van der Waals surface area (Å²) in [5, 5.41) is 6.71. The number of nitrogens with one attached hydrogen (secondary N) is 1. The van der Waals surface area contributed by atoms with E-state index in [-0.39, 0.29) is 18.3 Å². The van der Waals surface area contributed by atoms with E-state index in [1.807, 2.05) is 32.0 Å². The molecule has 0 aliphatic carbocycles. The Morgan fingerprint density at radius 1 is 1.30 bits per heavy atom. The quantitative estimate of drug-likeness (QED) is 0.798. The molecule has 118 valence electrons. The van der Waals surface area contributed by atoms with Crippen molar-refractivity contribution in [1.82, 2.24) is 9.78 Å². The molecule has 3 rings (SSSR count). The van der Waals surface area contributed by atoms with Gasteiger partial charge in [0.1, 0.15) is 6.54 Å². The minimum absolute atomic E-state index is 0.0410. The first kappa shape index (κ1) is 14.8. The minimum Gasteiger partial charge on any atom is -0.459 e.